The van der Waals surface area contributed by atoms with Gasteiger partial charge in [-0.1, -0.05) is 19.9 Å². The quantitative estimate of drug-likeness (QED) is 0.901. The van der Waals surface area contributed by atoms with E-state index in [1.807, 2.05) is 6.20 Å². The van der Waals surface area contributed by atoms with Crippen LogP contribution in [0.3, 0.4) is 0 Å². The van der Waals surface area contributed by atoms with Crippen LogP contribution in [0, 0.1) is 5.92 Å². The molecule has 0 spiro atoms. The highest BCUT2D eigenvalue weighted by molar-refractivity contribution is 5.25. The van der Waals surface area contributed by atoms with Crippen LogP contribution in [0.25, 0.3) is 0 Å². The fourth-order valence-electron chi connectivity index (χ4n) is 3.93. The Bertz CT molecular complexity index is 452. The van der Waals surface area contributed by atoms with Crippen molar-refractivity contribution >= 4 is 0 Å². The molecule has 1 aromatic rings. The van der Waals surface area contributed by atoms with Crippen LogP contribution in [0.5, 0.6) is 0 Å². The van der Waals surface area contributed by atoms with Gasteiger partial charge in [0.15, 0.2) is 0 Å². The van der Waals surface area contributed by atoms with E-state index < -0.39 is 0 Å². The number of hydrogen-bond acceptors (Lipinski definition) is 3. The molecule has 1 aliphatic heterocycles. The van der Waals surface area contributed by atoms with E-state index in [4.69, 9.17) is 0 Å². The molecule has 1 saturated heterocycles. The first kappa shape index (κ1) is 15.0. The molecule has 1 N–H and O–H groups in total. The Labute approximate surface area is 129 Å². The van der Waals surface area contributed by atoms with Crippen LogP contribution in [-0.4, -0.2) is 35.6 Å². The molecule has 2 heterocycles. The molecule has 0 aromatic carbocycles. The number of nitrogens with one attached hydrogen (secondary N) is 1. The maximum atomic E-state index is 4.64. The monoisotopic (exact) mass is 287 g/mol. The molecule has 2 atom stereocenters. The molecular formula is C18H29N3. The Balaban J connectivity index is 1.64. The molecule has 1 fully saturated rings. The third-order valence-corrected chi connectivity index (χ3v) is 5.15. The molecule has 0 radical (unpaired) electrons. The number of fused-ring (bicyclic) bond motifs is 1. The zero-order valence-corrected chi connectivity index (χ0v) is 13.5. The van der Waals surface area contributed by atoms with Crippen molar-refractivity contribution in [2.75, 3.05) is 19.6 Å². The van der Waals surface area contributed by atoms with Gasteiger partial charge in [-0.15, -0.1) is 0 Å². The lowest BCUT2D eigenvalue weighted by molar-refractivity contribution is 0.180. The molecule has 0 amide bonds. The van der Waals surface area contributed by atoms with E-state index >= 15 is 0 Å². The van der Waals surface area contributed by atoms with Gasteiger partial charge >= 0.3 is 0 Å². The van der Waals surface area contributed by atoms with Crippen LogP contribution >= 0.6 is 0 Å². The predicted molar refractivity (Wildman–Crippen MR) is 87.4 cm³/mol. The summed E-state index contributed by atoms with van der Waals surface area (Å²) >= 11 is 0. The van der Waals surface area contributed by atoms with E-state index in [2.05, 4.69) is 41.2 Å². The lowest BCUT2D eigenvalue weighted by atomic mass is 9.91. The van der Waals surface area contributed by atoms with Gasteiger partial charge in [0.05, 0.1) is 5.69 Å². The first-order valence-corrected chi connectivity index (χ1v) is 8.67. The van der Waals surface area contributed by atoms with Crippen LogP contribution in [0.1, 0.15) is 56.8 Å². The summed E-state index contributed by atoms with van der Waals surface area (Å²) in [7, 11) is 0. The molecule has 2 aliphatic rings. The van der Waals surface area contributed by atoms with Gasteiger partial charge in [0.2, 0.25) is 0 Å². The predicted octanol–water partition coefficient (Wildman–Crippen LogP) is 3.17. The van der Waals surface area contributed by atoms with E-state index in [0.717, 1.165) is 6.54 Å². The molecular weight excluding hydrogens is 258 g/mol. The summed E-state index contributed by atoms with van der Waals surface area (Å²) in [5.41, 5.74) is 2.75. The first-order chi connectivity index (χ1) is 10.3. The molecule has 3 nitrogen and oxygen atoms in total. The summed E-state index contributed by atoms with van der Waals surface area (Å²) in [6.45, 7) is 8.38. The van der Waals surface area contributed by atoms with Crippen molar-refractivity contribution in [2.24, 2.45) is 5.92 Å². The van der Waals surface area contributed by atoms with E-state index in [1.165, 1.54) is 56.5 Å². The highest BCUT2D eigenvalue weighted by atomic mass is 15.2. The summed E-state index contributed by atoms with van der Waals surface area (Å²) < 4.78 is 0. The normalized spacial score (nSPS) is 24.2. The first-order valence-electron chi connectivity index (χ1n) is 8.67. The summed E-state index contributed by atoms with van der Waals surface area (Å²) in [6.07, 6.45) is 8.40. The van der Waals surface area contributed by atoms with Crippen molar-refractivity contribution in [3.8, 4) is 0 Å². The van der Waals surface area contributed by atoms with E-state index in [-0.39, 0.29) is 0 Å². The highest BCUT2D eigenvalue weighted by Crippen LogP contribution is 2.28. The van der Waals surface area contributed by atoms with Gasteiger partial charge in [-0.25, -0.2) is 0 Å². The third kappa shape index (κ3) is 3.46. The van der Waals surface area contributed by atoms with Crippen molar-refractivity contribution in [3.05, 3.63) is 29.6 Å². The summed E-state index contributed by atoms with van der Waals surface area (Å²) in [4.78, 5) is 7.33. The van der Waals surface area contributed by atoms with Crippen molar-refractivity contribution < 1.29 is 0 Å². The van der Waals surface area contributed by atoms with Gasteiger partial charge in [-0.05, 0) is 62.7 Å². The average molecular weight is 287 g/mol. The summed E-state index contributed by atoms with van der Waals surface area (Å²) in [5, 5.41) is 3.83. The van der Waals surface area contributed by atoms with Gasteiger partial charge in [-0.3, -0.25) is 9.88 Å². The molecule has 3 rings (SSSR count). The second-order valence-electron chi connectivity index (χ2n) is 6.96. The van der Waals surface area contributed by atoms with Crippen LogP contribution in [0.15, 0.2) is 18.3 Å². The largest absolute Gasteiger partial charge is 0.307 e. The maximum absolute atomic E-state index is 4.64. The number of hydrogen-bond donors (Lipinski definition) is 1. The van der Waals surface area contributed by atoms with E-state index in [1.54, 1.807) is 0 Å². The SMILES string of the molecule is CC(C)C(CNC1CCCc2cccnc21)N1CCCC1. The Morgan fingerprint density at radius 3 is 2.86 bits per heavy atom. The van der Waals surface area contributed by atoms with Crippen molar-refractivity contribution in [2.45, 2.75) is 58.0 Å². The number of rotatable bonds is 5. The molecule has 3 heteroatoms. The summed E-state index contributed by atoms with van der Waals surface area (Å²) in [5.74, 6) is 0.711. The van der Waals surface area contributed by atoms with Crippen molar-refractivity contribution in [1.82, 2.24) is 15.2 Å². The van der Waals surface area contributed by atoms with Gasteiger partial charge < -0.3 is 5.32 Å². The number of pyridine rings is 1. The van der Waals surface area contributed by atoms with Gasteiger partial charge in [0, 0.05) is 24.8 Å². The number of likely N-dealkylation sites (tertiary alicyclic amines) is 1. The van der Waals surface area contributed by atoms with Gasteiger partial charge in [0.25, 0.3) is 0 Å². The lowest BCUT2D eigenvalue weighted by Gasteiger charge is -2.33. The minimum Gasteiger partial charge on any atom is -0.307 e. The second-order valence-corrected chi connectivity index (χ2v) is 6.96. The topological polar surface area (TPSA) is 28.2 Å². The molecule has 2 unspecified atom stereocenters. The smallest absolute Gasteiger partial charge is 0.0605 e. The zero-order valence-electron chi connectivity index (χ0n) is 13.5. The molecule has 0 bridgehead atoms. The van der Waals surface area contributed by atoms with Gasteiger partial charge in [-0.2, -0.15) is 0 Å². The fourth-order valence-corrected chi connectivity index (χ4v) is 3.93. The van der Waals surface area contributed by atoms with Crippen LogP contribution in [0.2, 0.25) is 0 Å². The summed E-state index contributed by atoms with van der Waals surface area (Å²) in [6, 6.07) is 5.44. The maximum Gasteiger partial charge on any atom is 0.0605 e. The van der Waals surface area contributed by atoms with Crippen LogP contribution in [-0.2, 0) is 6.42 Å². The van der Waals surface area contributed by atoms with Crippen molar-refractivity contribution in [1.29, 1.82) is 0 Å². The van der Waals surface area contributed by atoms with E-state index in [0.29, 0.717) is 18.0 Å². The van der Waals surface area contributed by atoms with Crippen molar-refractivity contribution in [3.63, 3.8) is 0 Å². The third-order valence-electron chi connectivity index (χ3n) is 5.15. The Morgan fingerprint density at radius 2 is 2.10 bits per heavy atom. The highest BCUT2D eigenvalue weighted by Gasteiger charge is 2.27. The Kier molecular flexibility index (Phi) is 4.91. The lowest BCUT2D eigenvalue weighted by Crippen LogP contribution is -2.45. The second kappa shape index (κ2) is 6.89. The van der Waals surface area contributed by atoms with Gasteiger partial charge in [0.1, 0.15) is 0 Å². The van der Waals surface area contributed by atoms with Crippen LogP contribution in [0.4, 0.5) is 0 Å². The zero-order chi connectivity index (χ0) is 14.7. The molecule has 0 saturated carbocycles. The minimum atomic E-state index is 0.457. The minimum absolute atomic E-state index is 0.457. The number of aromatic nitrogens is 1. The Hall–Kier alpha value is -0.930. The van der Waals surface area contributed by atoms with Crippen LogP contribution < -0.4 is 5.32 Å². The molecule has 21 heavy (non-hydrogen) atoms. The number of nitrogens with zero attached hydrogens (tertiary/aromatic N) is 2. The molecule has 1 aromatic heterocycles. The fraction of sp³-hybridized carbons (Fsp3) is 0.722. The molecule has 116 valence electrons. The Morgan fingerprint density at radius 1 is 1.29 bits per heavy atom. The average Bonchev–Trinajstić information content (AvgIpc) is 3.01. The van der Waals surface area contributed by atoms with E-state index in [9.17, 15) is 0 Å². The number of aryl methyl sites for hydroxylation is 1. The standard InChI is InChI=1S/C18H29N3/c1-14(2)17(21-11-3-4-12-21)13-20-16-9-5-7-15-8-6-10-19-18(15)16/h6,8,10,14,16-17,20H,3-5,7,9,11-13H2,1-2H3. The molecule has 1 aliphatic carbocycles.